The molecule has 10 heavy (non-hydrogen) atoms. The topological polar surface area (TPSA) is 9.23 Å². The van der Waals surface area contributed by atoms with Crippen molar-refractivity contribution < 1.29 is 23.6 Å². The molecule has 0 atom stereocenters. The zero-order valence-corrected chi connectivity index (χ0v) is 6.05. The van der Waals surface area contributed by atoms with Crippen molar-refractivity contribution in [1.29, 1.82) is 0 Å². The van der Waals surface area contributed by atoms with Crippen LogP contribution in [0.4, 0.5) is 0 Å². The van der Waals surface area contributed by atoms with Crippen LogP contribution in [-0.2, 0) is 6.42 Å². The fraction of sp³-hybridized carbons (Fsp3) is 0.250. The SMILES string of the molecule is [Li+].[c-]1ccc2c(c1)CCO2. The maximum absolute atomic E-state index is 5.28. The van der Waals surface area contributed by atoms with Crippen LogP contribution >= 0.6 is 0 Å². The van der Waals surface area contributed by atoms with Crippen LogP contribution in [0, 0.1) is 6.07 Å². The molecule has 1 aromatic carbocycles. The maximum Gasteiger partial charge on any atom is 1.00 e. The first-order chi connectivity index (χ1) is 4.47. The molecule has 2 heteroatoms. The van der Waals surface area contributed by atoms with Gasteiger partial charge in [-0.25, -0.2) is 0 Å². The minimum absolute atomic E-state index is 0. The number of hydrogen-bond acceptors (Lipinski definition) is 1. The number of ether oxygens (including phenoxy) is 1. The van der Waals surface area contributed by atoms with Crippen LogP contribution in [0.25, 0.3) is 0 Å². The van der Waals surface area contributed by atoms with Gasteiger partial charge in [0.2, 0.25) is 0 Å². The van der Waals surface area contributed by atoms with Gasteiger partial charge in [-0.3, -0.25) is 0 Å². The van der Waals surface area contributed by atoms with Crippen LogP contribution in [0.15, 0.2) is 18.2 Å². The summed E-state index contributed by atoms with van der Waals surface area (Å²) in [5.41, 5.74) is 1.29. The Labute approximate surface area is 72.6 Å². The van der Waals surface area contributed by atoms with E-state index in [4.69, 9.17) is 4.74 Å². The molecule has 0 spiro atoms. The summed E-state index contributed by atoms with van der Waals surface area (Å²) in [7, 11) is 0. The predicted octanol–water partition coefficient (Wildman–Crippen LogP) is -1.57. The summed E-state index contributed by atoms with van der Waals surface area (Å²) < 4.78 is 5.28. The fourth-order valence-corrected chi connectivity index (χ4v) is 1.06. The normalized spacial score (nSPS) is 13.2. The minimum atomic E-state index is 0. The summed E-state index contributed by atoms with van der Waals surface area (Å²) in [4.78, 5) is 0. The van der Waals surface area contributed by atoms with Gasteiger partial charge in [0, 0.05) is 5.75 Å². The molecule has 0 N–H and O–H groups in total. The maximum atomic E-state index is 5.28. The molecule has 0 fully saturated rings. The predicted molar refractivity (Wildman–Crippen MR) is 34.5 cm³/mol. The van der Waals surface area contributed by atoms with E-state index in [0.717, 1.165) is 18.8 Å². The first-order valence-corrected chi connectivity index (χ1v) is 3.08. The Kier molecular flexibility index (Phi) is 2.43. The first kappa shape index (κ1) is 7.72. The van der Waals surface area contributed by atoms with Crippen molar-refractivity contribution in [2.75, 3.05) is 6.61 Å². The van der Waals surface area contributed by atoms with E-state index in [2.05, 4.69) is 6.07 Å². The minimum Gasteiger partial charge on any atom is -0.519 e. The summed E-state index contributed by atoms with van der Waals surface area (Å²) in [6.07, 6.45) is 1.05. The van der Waals surface area contributed by atoms with E-state index in [9.17, 15) is 0 Å². The van der Waals surface area contributed by atoms with Crippen LogP contribution in [0.1, 0.15) is 5.56 Å². The number of fused-ring (bicyclic) bond motifs is 1. The van der Waals surface area contributed by atoms with Crippen LogP contribution in [0.3, 0.4) is 0 Å². The van der Waals surface area contributed by atoms with Gasteiger partial charge >= 0.3 is 18.9 Å². The Hall–Kier alpha value is -0.383. The smallest absolute Gasteiger partial charge is 0.519 e. The Balaban J connectivity index is 0.000000500. The Bertz CT molecular complexity index is 199. The molecule has 1 aromatic rings. The summed E-state index contributed by atoms with van der Waals surface area (Å²) in [6.45, 7) is 0.840. The molecule has 0 unspecified atom stereocenters. The van der Waals surface area contributed by atoms with Gasteiger partial charge in [-0.05, 0) is 6.42 Å². The van der Waals surface area contributed by atoms with E-state index in [1.807, 2.05) is 18.2 Å². The van der Waals surface area contributed by atoms with Crippen molar-refractivity contribution in [3.63, 3.8) is 0 Å². The van der Waals surface area contributed by atoms with Gasteiger partial charge in [-0.1, -0.05) is 0 Å². The second-order valence-corrected chi connectivity index (χ2v) is 2.13. The van der Waals surface area contributed by atoms with E-state index >= 15 is 0 Å². The molecule has 0 bridgehead atoms. The number of benzene rings is 1. The first-order valence-electron chi connectivity index (χ1n) is 3.08. The van der Waals surface area contributed by atoms with Gasteiger partial charge < -0.3 is 4.74 Å². The summed E-state index contributed by atoms with van der Waals surface area (Å²) >= 11 is 0. The molecule has 0 aliphatic carbocycles. The van der Waals surface area contributed by atoms with E-state index in [0.29, 0.717) is 0 Å². The molecule has 0 saturated carbocycles. The third-order valence-electron chi connectivity index (χ3n) is 1.53. The largest absolute Gasteiger partial charge is 1.00 e. The molecule has 1 aliphatic heterocycles. The number of hydrogen-bond donors (Lipinski definition) is 0. The molecule has 0 radical (unpaired) electrons. The van der Waals surface area contributed by atoms with E-state index in [1.165, 1.54) is 5.56 Å². The van der Waals surface area contributed by atoms with Gasteiger partial charge in [-0.15, -0.1) is 11.6 Å². The van der Waals surface area contributed by atoms with E-state index in [-0.39, 0.29) is 18.9 Å². The van der Waals surface area contributed by atoms with Crippen LogP contribution in [0.5, 0.6) is 5.75 Å². The van der Waals surface area contributed by atoms with Gasteiger partial charge in [0.15, 0.2) is 0 Å². The van der Waals surface area contributed by atoms with Crippen LogP contribution < -0.4 is 23.6 Å². The van der Waals surface area contributed by atoms with Crippen molar-refractivity contribution >= 4 is 0 Å². The Morgan fingerprint density at radius 1 is 1.50 bits per heavy atom. The van der Waals surface area contributed by atoms with Crippen LogP contribution in [-0.4, -0.2) is 6.61 Å². The van der Waals surface area contributed by atoms with E-state index in [1.54, 1.807) is 0 Å². The molecule has 1 heterocycles. The third kappa shape index (κ3) is 1.21. The molecule has 1 nitrogen and oxygen atoms in total. The summed E-state index contributed by atoms with van der Waals surface area (Å²) in [5.74, 6) is 1.04. The quantitative estimate of drug-likeness (QED) is 0.301. The zero-order valence-electron chi connectivity index (χ0n) is 6.05. The molecule has 2 rings (SSSR count). The van der Waals surface area contributed by atoms with Crippen molar-refractivity contribution in [3.8, 4) is 5.75 Å². The van der Waals surface area contributed by atoms with Gasteiger partial charge in [0.05, 0.1) is 6.61 Å². The summed E-state index contributed by atoms with van der Waals surface area (Å²) in [5, 5.41) is 0. The monoisotopic (exact) mass is 126 g/mol. The van der Waals surface area contributed by atoms with Crippen molar-refractivity contribution in [2.24, 2.45) is 0 Å². The van der Waals surface area contributed by atoms with Crippen LogP contribution in [0.2, 0.25) is 0 Å². The molecule has 46 valence electrons. The molecule has 0 saturated heterocycles. The molecule has 0 aromatic heterocycles. The summed E-state index contributed by atoms with van der Waals surface area (Å²) in [6, 6.07) is 8.84. The molecule has 0 amide bonds. The van der Waals surface area contributed by atoms with Gasteiger partial charge in [0.1, 0.15) is 0 Å². The van der Waals surface area contributed by atoms with Gasteiger partial charge in [0.25, 0.3) is 0 Å². The zero-order chi connectivity index (χ0) is 6.10. The van der Waals surface area contributed by atoms with Crippen molar-refractivity contribution in [3.05, 3.63) is 29.8 Å². The Morgan fingerprint density at radius 2 is 2.40 bits per heavy atom. The Morgan fingerprint density at radius 3 is 3.20 bits per heavy atom. The molecular weight excluding hydrogens is 119 g/mol. The van der Waals surface area contributed by atoms with E-state index < -0.39 is 0 Å². The molecular formula is C8H7LiO. The van der Waals surface area contributed by atoms with Crippen molar-refractivity contribution in [1.82, 2.24) is 0 Å². The van der Waals surface area contributed by atoms with Gasteiger partial charge in [-0.2, -0.15) is 18.2 Å². The second kappa shape index (κ2) is 3.14. The molecule has 1 aliphatic rings. The standard InChI is InChI=1S/C8H7O.Li/c1-2-4-8-7(3-1)5-6-9-8;/h2-4H,5-6H2;/q-1;+1. The number of rotatable bonds is 0. The average molecular weight is 126 g/mol. The third-order valence-corrected chi connectivity index (χ3v) is 1.53. The average Bonchev–Trinajstić information content (AvgIpc) is 2.33. The van der Waals surface area contributed by atoms with Crippen molar-refractivity contribution in [2.45, 2.75) is 6.42 Å². The second-order valence-electron chi connectivity index (χ2n) is 2.13. The fourth-order valence-electron chi connectivity index (χ4n) is 1.06.